The Morgan fingerprint density at radius 3 is 2.34 bits per heavy atom. The number of thioether (sulfide) groups is 1. The number of aryl methyl sites for hydroxylation is 1. The van der Waals surface area contributed by atoms with Gasteiger partial charge in [0.25, 0.3) is 11.8 Å². The summed E-state index contributed by atoms with van der Waals surface area (Å²) in [6, 6.07) is 17.1. The summed E-state index contributed by atoms with van der Waals surface area (Å²) in [5, 5.41) is 2.96. The predicted molar refractivity (Wildman–Crippen MR) is 148 cm³/mol. The van der Waals surface area contributed by atoms with Crippen molar-refractivity contribution < 1.29 is 9.59 Å². The molecule has 0 saturated carbocycles. The first-order valence-electron chi connectivity index (χ1n) is 12.2. The first-order chi connectivity index (χ1) is 16.7. The van der Waals surface area contributed by atoms with Crippen LogP contribution >= 0.6 is 24.0 Å². The van der Waals surface area contributed by atoms with Crippen molar-refractivity contribution in [3.63, 3.8) is 0 Å². The number of anilines is 1. The summed E-state index contributed by atoms with van der Waals surface area (Å²) in [5.41, 5.74) is 3.11. The highest BCUT2D eigenvalue weighted by molar-refractivity contribution is 8.24. The molecule has 35 heavy (non-hydrogen) atoms. The SMILES string of the molecule is Cc1ccc(N2CCN(CCCN3C(=O)C(NC(=O)c4ccccc4)C(C)(C)SC3=S)CC2)cc1. The van der Waals surface area contributed by atoms with E-state index in [9.17, 15) is 9.59 Å². The zero-order valence-corrected chi connectivity index (χ0v) is 22.3. The number of nitrogens with zero attached hydrogens (tertiary/aromatic N) is 3. The second kappa shape index (κ2) is 11.1. The summed E-state index contributed by atoms with van der Waals surface area (Å²) >= 11 is 7.08. The van der Waals surface area contributed by atoms with Crippen LogP contribution in [0.3, 0.4) is 0 Å². The lowest BCUT2D eigenvalue weighted by atomic mass is 10.0. The molecular formula is C27H34N4O2S2. The number of carbonyl (C=O) groups is 2. The standard InChI is InChI=1S/C27H34N4O2S2/c1-20-10-12-22(13-11-20)30-18-16-29(17-19-30)14-7-15-31-25(33)23(27(2,3)35-26(31)34)28-24(32)21-8-5-4-6-9-21/h4-6,8-13,23H,7,14-19H2,1-3H3,(H,28,32). The molecule has 1 unspecified atom stereocenters. The molecule has 4 rings (SSSR count). The number of hydrogen-bond acceptors (Lipinski definition) is 6. The van der Waals surface area contributed by atoms with Gasteiger partial charge in [0.2, 0.25) is 0 Å². The normalized spacial score (nSPS) is 20.7. The van der Waals surface area contributed by atoms with E-state index < -0.39 is 10.8 Å². The van der Waals surface area contributed by atoms with Crippen LogP contribution in [0.1, 0.15) is 36.2 Å². The van der Waals surface area contributed by atoms with Crippen LogP contribution in [0, 0.1) is 6.92 Å². The van der Waals surface area contributed by atoms with Gasteiger partial charge < -0.3 is 10.2 Å². The van der Waals surface area contributed by atoms with E-state index in [0.717, 1.165) is 39.1 Å². The van der Waals surface area contributed by atoms with E-state index in [-0.39, 0.29) is 11.8 Å². The van der Waals surface area contributed by atoms with Gasteiger partial charge in [-0.1, -0.05) is 59.9 Å². The van der Waals surface area contributed by atoms with Crippen molar-refractivity contribution in [3.8, 4) is 0 Å². The molecule has 6 nitrogen and oxygen atoms in total. The molecule has 2 heterocycles. The fraction of sp³-hybridized carbons (Fsp3) is 0.444. The first kappa shape index (κ1) is 25.7. The van der Waals surface area contributed by atoms with Gasteiger partial charge in [0.05, 0.1) is 0 Å². The largest absolute Gasteiger partial charge is 0.369 e. The van der Waals surface area contributed by atoms with E-state index in [1.165, 1.54) is 23.0 Å². The fourth-order valence-corrected chi connectivity index (χ4v) is 6.41. The van der Waals surface area contributed by atoms with Gasteiger partial charge in [0, 0.05) is 48.7 Å². The molecule has 8 heteroatoms. The Bertz CT molecular complexity index is 1050. The molecule has 1 N–H and O–H groups in total. The van der Waals surface area contributed by atoms with Crippen LogP contribution in [0.25, 0.3) is 0 Å². The zero-order valence-electron chi connectivity index (χ0n) is 20.7. The Hall–Kier alpha value is -2.42. The van der Waals surface area contributed by atoms with Crippen LogP contribution in [0.2, 0.25) is 0 Å². The van der Waals surface area contributed by atoms with Crippen LogP contribution in [0.5, 0.6) is 0 Å². The zero-order chi connectivity index (χ0) is 25.0. The molecule has 0 radical (unpaired) electrons. The highest BCUT2D eigenvalue weighted by Gasteiger charge is 2.46. The lowest BCUT2D eigenvalue weighted by Crippen LogP contribution is -2.62. The molecule has 2 fully saturated rings. The Balaban J connectivity index is 1.29. The van der Waals surface area contributed by atoms with Crippen molar-refractivity contribution in [2.24, 2.45) is 0 Å². The number of piperazine rings is 1. The third-order valence-corrected chi connectivity index (χ3v) is 8.35. The van der Waals surface area contributed by atoms with Gasteiger partial charge >= 0.3 is 0 Å². The van der Waals surface area contributed by atoms with Crippen molar-refractivity contribution in [2.75, 3.05) is 44.2 Å². The van der Waals surface area contributed by atoms with Crippen LogP contribution in [-0.2, 0) is 4.79 Å². The summed E-state index contributed by atoms with van der Waals surface area (Å²) < 4.78 is 0.0796. The predicted octanol–water partition coefficient (Wildman–Crippen LogP) is 3.94. The Labute approximate surface area is 218 Å². The smallest absolute Gasteiger partial charge is 0.252 e. The topological polar surface area (TPSA) is 55.9 Å². The van der Waals surface area contributed by atoms with Crippen LogP contribution in [-0.4, -0.2) is 76.0 Å². The van der Waals surface area contributed by atoms with Crippen molar-refractivity contribution in [1.82, 2.24) is 15.1 Å². The fourth-order valence-electron chi connectivity index (χ4n) is 4.56. The molecule has 0 spiro atoms. The van der Waals surface area contributed by atoms with Gasteiger partial charge in [-0.15, -0.1) is 0 Å². The first-order valence-corrected chi connectivity index (χ1v) is 13.4. The maximum atomic E-state index is 13.4. The van der Waals surface area contributed by atoms with Gasteiger partial charge in [0.15, 0.2) is 0 Å². The number of rotatable bonds is 7. The minimum absolute atomic E-state index is 0.118. The second-order valence-corrected chi connectivity index (χ2v) is 12.0. The summed E-state index contributed by atoms with van der Waals surface area (Å²) in [6.45, 7) is 11.5. The molecule has 2 aromatic carbocycles. The van der Waals surface area contributed by atoms with Gasteiger partial charge in [-0.2, -0.15) is 0 Å². The molecular weight excluding hydrogens is 476 g/mol. The van der Waals surface area contributed by atoms with E-state index in [1.54, 1.807) is 17.0 Å². The quantitative estimate of drug-likeness (QED) is 0.570. The average molecular weight is 511 g/mol. The maximum absolute atomic E-state index is 13.4. The third-order valence-electron chi connectivity index (χ3n) is 6.72. The number of hydrogen-bond donors (Lipinski definition) is 1. The number of nitrogens with one attached hydrogen (secondary N) is 1. The Morgan fingerprint density at radius 2 is 1.69 bits per heavy atom. The van der Waals surface area contributed by atoms with Crippen LogP contribution in [0.4, 0.5) is 5.69 Å². The molecule has 2 aliphatic heterocycles. The van der Waals surface area contributed by atoms with E-state index in [2.05, 4.69) is 46.3 Å². The Morgan fingerprint density at radius 1 is 1.03 bits per heavy atom. The third kappa shape index (κ3) is 6.23. The van der Waals surface area contributed by atoms with Crippen molar-refractivity contribution in [3.05, 3.63) is 65.7 Å². The molecule has 2 aromatic rings. The minimum Gasteiger partial charge on any atom is -0.369 e. The summed E-state index contributed by atoms with van der Waals surface area (Å²) in [7, 11) is 0. The van der Waals surface area contributed by atoms with Crippen molar-refractivity contribution in [2.45, 2.75) is 38.0 Å². The number of carbonyl (C=O) groups excluding carboxylic acids is 2. The van der Waals surface area contributed by atoms with Gasteiger partial charge in [0.1, 0.15) is 10.4 Å². The summed E-state index contributed by atoms with van der Waals surface area (Å²) in [4.78, 5) is 32.7. The van der Waals surface area contributed by atoms with E-state index in [1.807, 2.05) is 32.0 Å². The minimum atomic E-state index is -0.634. The van der Waals surface area contributed by atoms with Gasteiger partial charge in [-0.3, -0.25) is 19.4 Å². The molecule has 0 aromatic heterocycles. The highest BCUT2D eigenvalue weighted by atomic mass is 32.2. The van der Waals surface area contributed by atoms with Gasteiger partial charge in [-0.05, 0) is 58.0 Å². The molecule has 2 saturated heterocycles. The molecule has 0 bridgehead atoms. The number of benzene rings is 2. The van der Waals surface area contributed by atoms with E-state index in [0.29, 0.717) is 16.4 Å². The molecule has 0 aliphatic carbocycles. The summed E-state index contributed by atoms with van der Waals surface area (Å²) in [6.07, 6.45) is 0.844. The van der Waals surface area contributed by atoms with E-state index >= 15 is 0 Å². The maximum Gasteiger partial charge on any atom is 0.252 e. The Kier molecular flexibility index (Phi) is 8.14. The highest BCUT2D eigenvalue weighted by Crippen LogP contribution is 2.36. The molecule has 186 valence electrons. The lowest BCUT2D eigenvalue weighted by molar-refractivity contribution is -0.130. The van der Waals surface area contributed by atoms with Crippen molar-refractivity contribution >= 4 is 45.8 Å². The molecule has 2 aliphatic rings. The lowest BCUT2D eigenvalue weighted by Gasteiger charge is -2.43. The second-order valence-electron chi connectivity index (χ2n) is 9.75. The number of amides is 2. The van der Waals surface area contributed by atoms with Crippen LogP contribution in [0.15, 0.2) is 54.6 Å². The monoisotopic (exact) mass is 510 g/mol. The van der Waals surface area contributed by atoms with Gasteiger partial charge in [-0.25, -0.2) is 0 Å². The van der Waals surface area contributed by atoms with Crippen molar-refractivity contribution in [1.29, 1.82) is 0 Å². The summed E-state index contributed by atoms with van der Waals surface area (Å²) in [5.74, 6) is -0.357. The molecule has 2 amide bonds. The molecule has 1 atom stereocenters. The average Bonchev–Trinajstić information content (AvgIpc) is 2.85. The van der Waals surface area contributed by atoms with E-state index in [4.69, 9.17) is 12.2 Å². The van der Waals surface area contributed by atoms with Crippen LogP contribution < -0.4 is 10.2 Å². The number of thiocarbonyl (C=S) groups is 1.